The molecule has 3 aromatic heterocycles. The molecule has 35 heavy (non-hydrogen) atoms. The van der Waals surface area contributed by atoms with E-state index < -0.39 is 6.04 Å². The topological polar surface area (TPSA) is 116 Å². The van der Waals surface area contributed by atoms with E-state index in [9.17, 15) is 14.8 Å². The molecule has 0 aromatic carbocycles. The minimum absolute atomic E-state index is 0.0519. The lowest BCUT2D eigenvalue weighted by Gasteiger charge is -2.26. The molecular formula is C26H32N6O3. The fourth-order valence-corrected chi connectivity index (χ4v) is 4.88. The second-order valence-electron chi connectivity index (χ2n) is 9.25. The summed E-state index contributed by atoms with van der Waals surface area (Å²) in [6, 6.07) is 6.30. The third-order valence-corrected chi connectivity index (χ3v) is 6.84. The van der Waals surface area contributed by atoms with Gasteiger partial charge in [0.1, 0.15) is 17.6 Å². The Balaban J connectivity index is 1.54. The minimum Gasteiger partial charge on any atom is -0.618 e. The van der Waals surface area contributed by atoms with Gasteiger partial charge in [-0.3, -0.25) is 14.3 Å². The highest BCUT2D eigenvalue weighted by atomic mass is 16.5. The van der Waals surface area contributed by atoms with Crippen LogP contribution in [0.4, 0.5) is 5.82 Å². The highest BCUT2D eigenvalue weighted by Gasteiger charge is 2.31. The van der Waals surface area contributed by atoms with Gasteiger partial charge in [-0.1, -0.05) is 25.7 Å². The molecule has 0 radical (unpaired) electrons. The number of nitrogens with one attached hydrogen (secondary N) is 2. The SMILES string of the molecule is Cc1cc[n+]([O-])c(C)c1-c1ccc(NC(=O)[C@@H](NC(=O)c2ccnn2C)C2CCCCCC2)nc1. The summed E-state index contributed by atoms with van der Waals surface area (Å²) in [5, 5.41) is 21.9. The van der Waals surface area contributed by atoms with Crippen molar-refractivity contribution >= 4 is 17.6 Å². The standard InChI is InChI=1S/C26H32N6O3/c1-17-13-15-32(35)18(2)23(17)20-10-11-22(27-16-20)29-26(34)24(19-8-6-4-5-7-9-19)30-25(33)21-12-14-28-31(21)3/h10-16,19,24H,4-9H2,1-3H3,(H,30,33)(H,27,29,34)/t24-/m0/s1. The molecule has 1 fully saturated rings. The van der Waals surface area contributed by atoms with Crippen LogP contribution >= 0.6 is 0 Å². The van der Waals surface area contributed by atoms with Crippen molar-refractivity contribution in [1.82, 2.24) is 20.1 Å². The third-order valence-electron chi connectivity index (χ3n) is 6.84. The van der Waals surface area contributed by atoms with Crippen molar-refractivity contribution in [2.45, 2.75) is 58.4 Å². The highest BCUT2D eigenvalue weighted by molar-refractivity contribution is 6.00. The van der Waals surface area contributed by atoms with E-state index in [-0.39, 0.29) is 17.7 Å². The third kappa shape index (κ3) is 5.50. The van der Waals surface area contributed by atoms with Crippen molar-refractivity contribution in [2.75, 3.05) is 5.32 Å². The van der Waals surface area contributed by atoms with Crippen LogP contribution in [0.15, 0.2) is 42.9 Å². The van der Waals surface area contributed by atoms with Crippen molar-refractivity contribution in [3.63, 3.8) is 0 Å². The predicted octanol–water partition coefficient (Wildman–Crippen LogP) is 3.44. The second kappa shape index (κ2) is 10.7. The van der Waals surface area contributed by atoms with Crippen molar-refractivity contribution < 1.29 is 14.3 Å². The van der Waals surface area contributed by atoms with Crippen molar-refractivity contribution in [3.8, 4) is 11.1 Å². The maximum Gasteiger partial charge on any atom is 0.270 e. The van der Waals surface area contributed by atoms with Crippen LogP contribution in [-0.4, -0.2) is 32.6 Å². The van der Waals surface area contributed by atoms with Crippen LogP contribution in [0.3, 0.4) is 0 Å². The van der Waals surface area contributed by atoms with Crippen LogP contribution in [0.5, 0.6) is 0 Å². The number of hydrogen-bond donors (Lipinski definition) is 2. The monoisotopic (exact) mass is 476 g/mol. The summed E-state index contributed by atoms with van der Waals surface area (Å²) in [7, 11) is 1.70. The molecule has 3 heterocycles. The van der Waals surface area contributed by atoms with Crippen molar-refractivity contribution in [3.05, 3.63) is 65.0 Å². The molecule has 1 aliphatic rings. The first-order valence-electron chi connectivity index (χ1n) is 12.1. The number of carbonyl (C=O) groups excluding carboxylic acids is 2. The first-order valence-corrected chi connectivity index (χ1v) is 12.1. The quantitative estimate of drug-likeness (QED) is 0.321. The first kappa shape index (κ1) is 24.4. The van der Waals surface area contributed by atoms with Crippen LogP contribution in [0, 0.1) is 25.0 Å². The molecule has 0 saturated heterocycles. The van der Waals surface area contributed by atoms with Gasteiger partial charge in [-0.05, 0) is 49.4 Å². The second-order valence-corrected chi connectivity index (χ2v) is 9.25. The lowest BCUT2D eigenvalue weighted by atomic mass is 9.91. The van der Waals surface area contributed by atoms with E-state index >= 15 is 0 Å². The Labute approximate surface area is 205 Å². The first-order chi connectivity index (χ1) is 16.8. The van der Waals surface area contributed by atoms with Crippen molar-refractivity contribution in [1.29, 1.82) is 0 Å². The Kier molecular flexibility index (Phi) is 7.43. The summed E-state index contributed by atoms with van der Waals surface area (Å²) >= 11 is 0. The van der Waals surface area contributed by atoms with E-state index in [0.29, 0.717) is 17.2 Å². The Morgan fingerprint density at radius 3 is 2.49 bits per heavy atom. The minimum atomic E-state index is -0.671. The van der Waals surface area contributed by atoms with Crippen LogP contribution in [0.1, 0.15) is 60.3 Å². The number of aryl methyl sites for hydroxylation is 2. The molecular weight excluding hydrogens is 444 g/mol. The molecule has 0 unspecified atom stereocenters. The zero-order valence-corrected chi connectivity index (χ0v) is 20.5. The maximum atomic E-state index is 13.4. The molecule has 9 nitrogen and oxygen atoms in total. The molecule has 9 heteroatoms. The fourth-order valence-electron chi connectivity index (χ4n) is 4.88. The number of aromatic nitrogens is 4. The van der Waals surface area contributed by atoms with Crippen LogP contribution in [0.25, 0.3) is 11.1 Å². The van der Waals surface area contributed by atoms with Gasteiger partial charge < -0.3 is 15.8 Å². The van der Waals surface area contributed by atoms with Crippen molar-refractivity contribution in [2.24, 2.45) is 13.0 Å². The van der Waals surface area contributed by atoms with E-state index in [1.165, 1.54) is 10.9 Å². The number of anilines is 1. The molecule has 2 N–H and O–H groups in total. The zero-order valence-electron chi connectivity index (χ0n) is 20.5. The lowest BCUT2D eigenvalue weighted by molar-refractivity contribution is -0.611. The molecule has 4 rings (SSSR count). The Morgan fingerprint density at radius 2 is 1.86 bits per heavy atom. The molecule has 0 spiro atoms. The molecule has 2 amide bonds. The number of carbonyl (C=O) groups is 2. The number of rotatable bonds is 6. The van der Waals surface area contributed by atoms with E-state index in [1.54, 1.807) is 44.6 Å². The summed E-state index contributed by atoms with van der Waals surface area (Å²) in [6.07, 6.45) is 10.8. The average Bonchev–Trinajstić information content (AvgIpc) is 3.10. The van der Waals surface area contributed by atoms with Crippen LogP contribution in [-0.2, 0) is 11.8 Å². The van der Waals surface area contributed by atoms with Gasteiger partial charge in [0.15, 0.2) is 11.9 Å². The summed E-state index contributed by atoms with van der Waals surface area (Å²) in [6.45, 7) is 3.72. The Morgan fingerprint density at radius 1 is 1.11 bits per heavy atom. The normalized spacial score (nSPS) is 15.3. The molecule has 3 aromatic rings. The van der Waals surface area contributed by atoms with E-state index in [4.69, 9.17) is 0 Å². The van der Waals surface area contributed by atoms with Gasteiger partial charge in [0.2, 0.25) is 5.91 Å². The number of hydrogen-bond acceptors (Lipinski definition) is 5. The number of nitrogens with zero attached hydrogens (tertiary/aromatic N) is 4. The van der Waals surface area contributed by atoms with Gasteiger partial charge in [-0.2, -0.15) is 9.83 Å². The lowest BCUT2D eigenvalue weighted by Crippen LogP contribution is -2.49. The smallest absolute Gasteiger partial charge is 0.270 e. The van der Waals surface area contributed by atoms with E-state index in [1.807, 2.05) is 13.0 Å². The van der Waals surface area contributed by atoms with Gasteiger partial charge in [-0.15, -0.1) is 0 Å². The molecule has 1 atom stereocenters. The summed E-state index contributed by atoms with van der Waals surface area (Å²) in [4.78, 5) is 30.7. The molecule has 0 bridgehead atoms. The van der Waals surface area contributed by atoms with Crippen LogP contribution < -0.4 is 15.4 Å². The van der Waals surface area contributed by atoms with Gasteiger partial charge in [0, 0.05) is 38.0 Å². The van der Waals surface area contributed by atoms with Gasteiger partial charge >= 0.3 is 0 Å². The van der Waals surface area contributed by atoms with E-state index in [0.717, 1.165) is 59.9 Å². The van der Waals surface area contributed by atoms with E-state index in [2.05, 4.69) is 20.7 Å². The summed E-state index contributed by atoms with van der Waals surface area (Å²) in [5.74, 6) is -0.153. The number of pyridine rings is 2. The largest absolute Gasteiger partial charge is 0.618 e. The number of amides is 2. The molecule has 184 valence electrons. The molecule has 0 aliphatic heterocycles. The van der Waals surface area contributed by atoms with Gasteiger partial charge in [0.25, 0.3) is 5.91 Å². The fraction of sp³-hybridized carbons (Fsp3) is 0.423. The summed E-state index contributed by atoms with van der Waals surface area (Å²) in [5.41, 5.74) is 3.60. The van der Waals surface area contributed by atoms with Gasteiger partial charge in [0.05, 0.1) is 5.56 Å². The Hall–Kier alpha value is -3.75. The Bertz CT molecular complexity index is 1200. The average molecular weight is 477 g/mol. The highest BCUT2D eigenvalue weighted by Crippen LogP contribution is 2.28. The zero-order chi connectivity index (χ0) is 24.9. The molecule has 1 saturated carbocycles. The predicted molar refractivity (Wildman–Crippen MR) is 132 cm³/mol. The molecule has 1 aliphatic carbocycles. The van der Waals surface area contributed by atoms with Gasteiger partial charge in [-0.25, -0.2) is 4.98 Å². The summed E-state index contributed by atoms with van der Waals surface area (Å²) < 4.78 is 2.33. The maximum absolute atomic E-state index is 13.4. The van der Waals surface area contributed by atoms with Crippen LogP contribution in [0.2, 0.25) is 0 Å².